The minimum absolute atomic E-state index is 0.176. The molecular formula is C14H16FN3O3S. The smallest absolute Gasteiger partial charge is 0.288 e. The zero-order valence-corrected chi connectivity index (χ0v) is 12.9. The fourth-order valence-corrected chi connectivity index (χ4v) is 2.42. The van der Waals surface area contributed by atoms with Gasteiger partial charge in [-0.25, -0.2) is 9.07 Å². The van der Waals surface area contributed by atoms with Gasteiger partial charge in [-0.05, 0) is 30.4 Å². The first-order chi connectivity index (χ1) is 10.7. The van der Waals surface area contributed by atoms with Crippen LogP contribution in [0.1, 0.15) is 0 Å². The van der Waals surface area contributed by atoms with Crippen LogP contribution in [0, 0.1) is 10.7 Å². The molecule has 118 valence electrons. The Morgan fingerprint density at radius 2 is 2.14 bits per heavy atom. The van der Waals surface area contributed by atoms with E-state index in [2.05, 4.69) is 10.00 Å². The van der Waals surface area contributed by atoms with Gasteiger partial charge in [0.05, 0.1) is 27.0 Å². The van der Waals surface area contributed by atoms with Gasteiger partial charge in [0.15, 0.2) is 11.6 Å². The molecule has 0 bridgehead atoms. The predicted molar refractivity (Wildman–Crippen MR) is 79.7 cm³/mol. The summed E-state index contributed by atoms with van der Waals surface area (Å²) in [6.45, 7) is 3.57. The standard InChI is InChI=1S/C14H16FN3O3S/c1-19-12-3-2-10(8-11(12)15)13-16-18(14(22)21-13)9-17-4-6-20-7-5-17/h2-3,8H,4-7,9H2,1H3. The summed E-state index contributed by atoms with van der Waals surface area (Å²) in [6.07, 6.45) is 0. The van der Waals surface area contributed by atoms with Gasteiger partial charge in [0.2, 0.25) is 5.89 Å². The molecule has 0 spiro atoms. The minimum atomic E-state index is -0.469. The largest absolute Gasteiger partial charge is 0.494 e. The number of aromatic nitrogens is 2. The second kappa shape index (κ2) is 6.55. The van der Waals surface area contributed by atoms with Crippen molar-refractivity contribution >= 4 is 12.2 Å². The molecule has 1 saturated heterocycles. The third-order valence-electron chi connectivity index (χ3n) is 3.44. The summed E-state index contributed by atoms with van der Waals surface area (Å²) in [5.74, 6) is -0.00115. The van der Waals surface area contributed by atoms with Crippen molar-refractivity contribution < 1.29 is 18.3 Å². The van der Waals surface area contributed by atoms with Crippen LogP contribution in [0.25, 0.3) is 11.5 Å². The van der Waals surface area contributed by atoms with E-state index in [4.69, 9.17) is 26.1 Å². The Kier molecular flexibility index (Phi) is 4.51. The van der Waals surface area contributed by atoms with Gasteiger partial charge < -0.3 is 13.9 Å². The van der Waals surface area contributed by atoms with Gasteiger partial charge in [0.1, 0.15) is 0 Å². The number of rotatable bonds is 4. The molecule has 1 aromatic heterocycles. The summed E-state index contributed by atoms with van der Waals surface area (Å²) in [7, 11) is 1.42. The van der Waals surface area contributed by atoms with Crippen molar-refractivity contribution in [2.75, 3.05) is 33.4 Å². The molecule has 1 aliphatic rings. The number of methoxy groups -OCH3 is 1. The maximum absolute atomic E-state index is 13.8. The lowest BCUT2D eigenvalue weighted by molar-refractivity contribution is 0.0206. The summed E-state index contributed by atoms with van der Waals surface area (Å²) in [4.78, 5) is 2.43. The van der Waals surface area contributed by atoms with E-state index in [0.29, 0.717) is 31.3 Å². The number of morpholine rings is 1. The fourth-order valence-electron chi connectivity index (χ4n) is 2.24. The third kappa shape index (κ3) is 3.18. The van der Waals surface area contributed by atoms with Crippen LogP contribution in [-0.4, -0.2) is 48.1 Å². The second-order valence-electron chi connectivity index (χ2n) is 4.89. The van der Waals surface area contributed by atoms with Gasteiger partial charge in [0, 0.05) is 18.7 Å². The Balaban J connectivity index is 1.82. The number of hydrogen-bond donors (Lipinski definition) is 0. The van der Waals surface area contributed by atoms with E-state index in [9.17, 15) is 4.39 Å². The highest BCUT2D eigenvalue weighted by atomic mass is 32.1. The normalized spacial score (nSPS) is 15.9. The van der Waals surface area contributed by atoms with Crippen LogP contribution >= 0.6 is 12.2 Å². The Labute approximate surface area is 132 Å². The maximum atomic E-state index is 13.8. The van der Waals surface area contributed by atoms with E-state index in [1.54, 1.807) is 10.7 Å². The van der Waals surface area contributed by atoms with Crippen LogP contribution in [0.2, 0.25) is 0 Å². The second-order valence-corrected chi connectivity index (χ2v) is 5.24. The molecular weight excluding hydrogens is 309 g/mol. The first-order valence-corrected chi connectivity index (χ1v) is 7.30. The molecule has 0 amide bonds. The average molecular weight is 325 g/mol. The van der Waals surface area contributed by atoms with Gasteiger partial charge in [-0.2, -0.15) is 0 Å². The van der Waals surface area contributed by atoms with Crippen molar-refractivity contribution in [1.29, 1.82) is 0 Å². The Morgan fingerprint density at radius 3 is 2.82 bits per heavy atom. The van der Waals surface area contributed by atoms with Crippen molar-refractivity contribution in [3.05, 3.63) is 28.9 Å². The molecule has 0 radical (unpaired) electrons. The van der Waals surface area contributed by atoms with Crippen molar-refractivity contribution in [2.24, 2.45) is 0 Å². The number of halogens is 1. The van der Waals surface area contributed by atoms with E-state index < -0.39 is 5.82 Å². The fraction of sp³-hybridized carbons (Fsp3) is 0.429. The van der Waals surface area contributed by atoms with Crippen molar-refractivity contribution in [2.45, 2.75) is 6.67 Å². The average Bonchev–Trinajstić information content (AvgIpc) is 2.89. The van der Waals surface area contributed by atoms with Crippen LogP contribution in [0.4, 0.5) is 4.39 Å². The van der Waals surface area contributed by atoms with Crippen LogP contribution in [0.5, 0.6) is 5.75 Å². The first kappa shape index (κ1) is 15.1. The predicted octanol–water partition coefficient (Wildman–Crippen LogP) is 2.31. The van der Waals surface area contributed by atoms with E-state index in [1.165, 1.54) is 19.2 Å². The quantitative estimate of drug-likeness (QED) is 0.804. The molecule has 0 aliphatic carbocycles. The molecule has 0 saturated carbocycles. The maximum Gasteiger partial charge on any atom is 0.288 e. The molecule has 1 fully saturated rings. The van der Waals surface area contributed by atoms with Crippen molar-refractivity contribution in [3.8, 4) is 17.2 Å². The third-order valence-corrected chi connectivity index (χ3v) is 3.74. The van der Waals surface area contributed by atoms with Crippen LogP contribution in [-0.2, 0) is 11.4 Å². The summed E-state index contributed by atoms with van der Waals surface area (Å²) >= 11 is 5.18. The molecule has 6 nitrogen and oxygen atoms in total. The Hall–Kier alpha value is -1.77. The van der Waals surface area contributed by atoms with Gasteiger partial charge in [-0.3, -0.25) is 4.90 Å². The van der Waals surface area contributed by atoms with E-state index >= 15 is 0 Å². The molecule has 0 atom stereocenters. The lowest BCUT2D eigenvalue weighted by Crippen LogP contribution is -2.37. The van der Waals surface area contributed by atoms with E-state index in [1.807, 2.05) is 0 Å². The van der Waals surface area contributed by atoms with Crippen LogP contribution < -0.4 is 4.74 Å². The van der Waals surface area contributed by atoms with E-state index in [0.717, 1.165) is 13.1 Å². The summed E-state index contributed by atoms with van der Waals surface area (Å²) in [5.41, 5.74) is 0.519. The highest BCUT2D eigenvalue weighted by molar-refractivity contribution is 7.71. The number of benzene rings is 1. The molecule has 0 N–H and O–H groups in total. The van der Waals surface area contributed by atoms with E-state index in [-0.39, 0.29) is 10.6 Å². The van der Waals surface area contributed by atoms with Gasteiger partial charge in [-0.1, -0.05) is 0 Å². The number of nitrogens with zero attached hydrogens (tertiary/aromatic N) is 3. The molecule has 22 heavy (non-hydrogen) atoms. The lowest BCUT2D eigenvalue weighted by atomic mass is 10.2. The first-order valence-electron chi connectivity index (χ1n) is 6.89. The minimum Gasteiger partial charge on any atom is -0.494 e. The number of ether oxygens (including phenoxy) is 2. The molecule has 2 aromatic rings. The van der Waals surface area contributed by atoms with Crippen molar-refractivity contribution in [3.63, 3.8) is 0 Å². The molecule has 8 heteroatoms. The molecule has 2 heterocycles. The summed E-state index contributed by atoms with van der Waals surface area (Å²) in [5, 5.41) is 4.33. The van der Waals surface area contributed by atoms with Crippen LogP contribution in [0.3, 0.4) is 0 Å². The topological polar surface area (TPSA) is 52.7 Å². The zero-order chi connectivity index (χ0) is 15.5. The highest BCUT2D eigenvalue weighted by Crippen LogP contribution is 2.24. The van der Waals surface area contributed by atoms with Crippen molar-refractivity contribution in [1.82, 2.24) is 14.7 Å². The monoisotopic (exact) mass is 325 g/mol. The summed E-state index contributed by atoms with van der Waals surface area (Å²) < 4.78 is 31.0. The van der Waals surface area contributed by atoms with Gasteiger partial charge >= 0.3 is 0 Å². The molecule has 1 aromatic carbocycles. The van der Waals surface area contributed by atoms with Crippen LogP contribution in [0.15, 0.2) is 22.6 Å². The molecule has 1 aliphatic heterocycles. The molecule has 0 unspecified atom stereocenters. The Bertz CT molecular complexity index is 710. The highest BCUT2D eigenvalue weighted by Gasteiger charge is 2.15. The Morgan fingerprint density at radius 1 is 1.36 bits per heavy atom. The summed E-state index contributed by atoms with van der Waals surface area (Å²) in [6, 6.07) is 4.53. The number of hydrogen-bond acceptors (Lipinski definition) is 6. The van der Waals surface area contributed by atoms with Gasteiger partial charge in [0.25, 0.3) is 4.84 Å². The van der Waals surface area contributed by atoms with Gasteiger partial charge in [-0.15, -0.1) is 5.10 Å². The lowest BCUT2D eigenvalue weighted by Gasteiger charge is -2.25. The zero-order valence-electron chi connectivity index (χ0n) is 12.1. The SMILES string of the molecule is COc1ccc(-c2nn(CN3CCOCC3)c(=S)o2)cc1F. The molecule has 3 rings (SSSR count).